The Morgan fingerprint density at radius 2 is 1.81 bits per heavy atom. The van der Waals surface area contributed by atoms with E-state index in [-0.39, 0.29) is 17.4 Å². The van der Waals surface area contributed by atoms with Crippen LogP contribution in [0.5, 0.6) is 5.75 Å². The number of nitrogens with one attached hydrogen (secondary N) is 1. The summed E-state index contributed by atoms with van der Waals surface area (Å²) < 4.78 is 64.0. The van der Waals surface area contributed by atoms with Crippen molar-refractivity contribution in [2.75, 3.05) is 0 Å². The number of hydrogen-bond acceptors (Lipinski definition) is 3. The zero-order chi connectivity index (χ0) is 26.1. The van der Waals surface area contributed by atoms with Gasteiger partial charge >= 0.3 is 6.18 Å². The third kappa shape index (κ3) is 5.71. The molecule has 1 aliphatic rings. The summed E-state index contributed by atoms with van der Waals surface area (Å²) in [6.07, 6.45) is -1.33. The number of fused-ring (bicyclic) bond motifs is 1. The second-order valence-electron chi connectivity index (χ2n) is 10.0. The van der Waals surface area contributed by atoms with Crippen LogP contribution >= 0.6 is 0 Å². The van der Waals surface area contributed by atoms with E-state index in [0.717, 1.165) is 5.52 Å². The van der Waals surface area contributed by atoms with Crippen molar-refractivity contribution in [1.29, 1.82) is 0 Å². The van der Waals surface area contributed by atoms with Gasteiger partial charge in [-0.25, -0.2) is 4.39 Å². The van der Waals surface area contributed by atoms with Crippen molar-refractivity contribution in [3.8, 4) is 5.75 Å². The molecule has 4 rings (SSSR count). The second kappa shape index (κ2) is 9.95. The molecule has 0 saturated heterocycles. The van der Waals surface area contributed by atoms with Crippen LogP contribution in [0, 0.1) is 5.41 Å². The second-order valence-corrected chi connectivity index (χ2v) is 10.0. The van der Waals surface area contributed by atoms with Gasteiger partial charge in [0.15, 0.2) is 12.1 Å². The first-order valence-corrected chi connectivity index (χ1v) is 11.8. The number of nitrogens with zero attached hydrogens (tertiary/aromatic N) is 2. The molecule has 0 bridgehead atoms. The third-order valence-electron chi connectivity index (χ3n) is 6.18. The predicted molar refractivity (Wildman–Crippen MR) is 129 cm³/mol. The number of amides is 1. The minimum Gasteiger partial charge on any atom is -0.483 e. The lowest BCUT2D eigenvalue weighted by Gasteiger charge is -2.32. The first-order valence-electron chi connectivity index (χ1n) is 11.8. The first kappa shape index (κ1) is 25.7. The lowest BCUT2D eigenvalue weighted by atomic mass is 9.93. The molecule has 0 radical (unpaired) electrons. The zero-order valence-electron chi connectivity index (χ0n) is 20.3. The SMILES string of the molecule is CC(C)(C)C(=O)NC(C(Oc1ccc2c(cnn2C2C=CC(F)CC2)c1)c1ccccc1)C(F)(F)F. The van der Waals surface area contributed by atoms with Crippen LogP contribution in [0.3, 0.4) is 0 Å². The molecule has 5 nitrogen and oxygen atoms in total. The minimum absolute atomic E-state index is 0.0967. The molecule has 1 N–H and O–H groups in total. The van der Waals surface area contributed by atoms with Gasteiger partial charge in [0.05, 0.1) is 17.8 Å². The molecular formula is C27H29F4N3O2. The molecule has 1 aromatic heterocycles. The fourth-order valence-electron chi connectivity index (χ4n) is 4.15. The van der Waals surface area contributed by atoms with E-state index in [0.29, 0.717) is 18.2 Å². The fraction of sp³-hybridized carbons (Fsp3) is 0.407. The zero-order valence-corrected chi connectivity index (χ0v) is 20.3. The molecule has 0 fully saturated rings. The van der Waals surface area contributed by atoms with E-state index in [4.69, 9.17) is 4.74 Å². The van der Waals surface area contributed by atoms with E-state index in [1.54, 1.807) is 74.1 Å². The average molecular weight is 504 g/mol. The van der Waals surface area contributed by atoms with E-state index in [1.165, 1.54) is 18.2 Å². The number of alkyl halides is 4. The molecule has 3 aromatic rings. The van der Waals surface area contributed by atoms with Crippen LogP contribution in [0.15, 0.2) is 66.9 Å². The van der Waals surface area contributed by atoms with Gasteiger partial charge in [-0.05, 0) is 36.6 Å². The Hall–Kier alpha value is -3.36. The summed E-state index contributed by atoms with van der Waals surface area (Å²) >= 11 is 0. The Labute approximate surface area is 207 Å². The van der Waals surface area contributed by atoms with Crippen LogP contribution in [0.2, 0.25) is 0 Å². The van der Waals surface area contributed by atoms with E-state index in [1.807, 2.05) is 0 Å². The molecule has 1 heterocycles. The van der Waals surface area contributed by atoms with Crippen LogP contribution in [0.25, 0.3) is 10.9 Å². The molecule has 0 spiro atoms. The number of aromatic nitrogens is 2. The van der Waals surface area contributed by atoms with Crippen molar-refractivity contribution in [2.24, 2.45) is 5.41 Å². The lowest BCUT2D eigenvalue weighted by Crippen LogP contribution is -2.53. The summed E-state index contributed by atoms with van der Waals surface area (Å²) in [5, 5.41) is 7.25. The van der Waals surface area contributed by atoms with Gasteiger partial charge in [-0.2, -0.15) is 18.3 Å². The summed E-state index contributed by atoms with van der Waals surface area (Å²) in [7, 11) is 0. The molecule has 0 saturated carbocycles. The number of hydrogen-bond donors (Lipinski definition) is 1. The van der Waals surface area contributed by atoms with Crippen LogP contribution in [-0.2, 0) is 4.79 Å². The largest absolute Gasteiger partial charge is 0.483 e. The van der Waals surface area contributed by atoms with Gasteiger partial charge < -0.3 is 10.1 Å². The molecule has 4 atom stereocenters. The highest BCUT2D eigenvalue weighted by atomic mass is 19.4. The molecule has 1 aliphatic carbocycles. The van der Waals surface area contributed by atoms with Crippen molar-refractivity contribution < 1.29 is 27.1 Å². The topological polar surface area (TPSA) is 56.1 Å². The fourth-order valence-corrected chi connectivity index (χ4v) is 4.15. The summed E-state index contributed by atoms with van der Waals surface area (Å²) in [5.41, 5.74) is 0.0189. The van der Waals surface area contributed by atoms with Crippen molar-refractivity contribution in [3.05, 3.63) is 72.4 Å². The molecule has 192 valence electrons. The number of halogens is 4. The standard InChI is InChI=1S/C27H29F4N3O2/c1-26(2,3)25(35)33-24(27(29,30)31)23(17-7-5-4-6-8-17)36-21-13-14-22-18(15-21)16-32-34(22)20-11-9-19(28)10-12-20/h4-9,11,13-16,19-20,23-24H,10,12H2,1-3H3,(H,33,35). The number of benzene rings is 2. The number of carbonyl (C=O) groups excluding carboxylic acids is 1. The molecule has 9 heteroatoms. The van der Waals surface area contributed by atoms with Gasteiger partial charge in [0.25, 0.3) is 0 Å². The maximum Gasteiger partial charge on any atom is 0.412 e. The summed E-state index contributed by atoms with van der Waals surface area (Å²) in [6.45, 7) is 4.65. The highest BCUT2D eigenvalue weighted by molar-refractivity contribution is 5.82. The smallest absolute Gasteiger partial charge is 0.412 e. The Bertz CT molecular complexity index is 1230. The predicted octanol–water partition coefficient (Wildman–Crippen LogP) is 6.48. The number of allylic oxidation sites excluding steroid dienone is 2. The van der Waals surface area contributed by atoms with Gasteiger partial charge in [-0.1, -0.05) is 63.3 Å². The number of rotatable bonds is 6. The minimum atomic E-state index is -4.77. The molecule has 1 amide bonds. The number of carbonyl (C=O) groups is 1. The normalized spacial score (nSPS) is 20.2. The van der Waals surface area contributed by atoms with Crippen LogP contribution < -0.4 is 10.1 Å². The Kier molecular flexibility index (Phi) is 7.11. The van der Waals surface area contributed by atoms with Crippen molar-refractivity contribution in [2.45, 2.75) is 64.1 Å². The average Bonchev–Trinajstić information content (AvgIpc) is 3.24. The highest BCUT2D eigenvalue weighted by Crippen LogP contribution is 2.36. The van der Waals surface area contributed by atoms with E-state index < -0.39 is 35.8 Å². The molecule has 0 aliphatic heterocycles. The van der Waals surface area contributed by atoms with Crippen molar-refractivity contribution in [1.82, 2.24) is 15.1 Å². The Balaban J connectivity index is 1.67. The first-order chi connectivity index (χ1) is 16.9. The molecule has 36 heavy (non-hydrogen) atoms. The molecule has 2 aromatic carbocycles. The van der Waals surface area contributed by atoms with Gasteiger partial charge in [-0.15, -0.1) is 0 Å². The van der Waals surface area contributed by atoms with Gasteiger partial charge in [-0.3, -0.25) is 9.48 Å². The quantitative estimate of drug-likeness (QED) is 0.310. The maximum absolute atomic E-state index is 14.3. The summed E-state index contributed by atoms with van der Waals surface area (Å²) in [6, 6.07) is 10.6. The summed E-state index contributed by atoms with van der Waals surface area (Å²) in [4.78, 5) is 12.6. The third-order valence-corrected chi connectivity index (χ3v) is 6.18. The van der Waals surface area contributed by atoms with Crippen LogP contribution in [-0.4, -0.2) is 34.1 Å². The lowest BCUT2D eigenvalue weighted by molar-refractivity contribution is -0.181. The highest BCUT2D eigenvalue weighted by Gasteiger charge is 2.48. The van der Waals surface area contributed by atoms with Crippen molar-refractivity contribution >= 4 is 16.8 Å². The maximum atomic E-state index is 14.3. The van der Waals surface area contributed by atoms with Gasteiger partial charge in [0.2, 0.25) is 5.91 Å². The number of ether oxygens (including phenoxy) is 1. The Morgan fingerprint density at radius 3 is 2.42 bits per heavy atom. The summed E-state index contributed by atoms with van der Waals surface area (Å²) in [5.74, 6) is -0.527. The van der Waals surface area contributed by atoms with E-state index in [2.05, 4.69) is 10.4 Å². The molecular weight excluding hydrogens is 474 g/mol. The van der Waals surface area contributed by atoms with E-state index in [9.17, 15) is 22.4 Å². The van der Waals surface area contributed by atoms with Gasteiger partial charge in [0.1, 0.15) is 11.9 Å². The van der Waals surface area contributed by atoms with Crippen molar-refractivity contribution in [3.63, 3.8) is 0 Å². The monoisotopic (exact) mass is 503 g/mol. The van der Waals surface area contributed by atoms with Gasteiger partial charge in [0, 0.05) is 10.8 Å². The van der Waals surface area contributed by atoms with Crippen LogP contribution in [0.4, 0.5) is 17.6 Å². The van der Waals surface area contributed by atoms with Crippen LogP contribution in [0.1, 0.15) is 51.3 Å². The van der Waals surface area contributed by atoms with E-state index >= 15 is 0 Å². The molecule has 4 unspecified atom stereocenters. The Morgan fingerprint density at radius 1 is 1.08 bits per heavy atom.